The van der Waals surface area contributed by atoms with Crippen LogP contribution in [-0.2, 0) is 24.2 Å². The molecule has 8 nitrogen and oxygen atoms in total. The number of ether oxygens (including phenoxy) is 1. The first-order valence-corrected chi connectivity index (χ1v) is 13.1. The smallest absolute Gasteiger partial charge is 0.328 e. The lowest BCUT2D eigenvalue weighted by Crippen LogP contribution is -2.50. The van der Waals surface area contributed by atoms with Crippen molar-refractivity contribution in [1.29, 1.82) is 0 Å². The zero-order valence-corrected chi connectivity index (χ0v) is 19.7. The fraction of sp³-hybridized carbons (Fsp3) is 0.591. The molecule has 0 radical (unpaired) electrons. The third kappa shape index (κ3) is 6.22. The van der Waals surface area contributed by atoms with Crippen LogP contribution in [0.25, 0.3) is 0 Å². The number of hydrogen-bond donors (Lipinski definition) is 1. The van der Waals surface area contributed by atoms with Gasteiger partial charge in [0.25, 0.3) is 11.8 Å². The third-order valence-electron chi connectivity index (χ3n) is 6.02. The first-order valence-electron chi connectivity index (χ1n) is 10.9. The summed E-state index contributed by atoms with van der Waals surface area (Å²) in [6.07, 6.45) is 5.11. The molecule has 10 heteroatoms. The van der Waals surface area contributed by atoms with E-state index >= 15 is 0 Å². The maximum atomic E-state index is 13.0. The Morgan fingerprint density at radius 1 is 1.12 bits per heavy atom. The molecule has 2 unspecified atom stereocenters. The molecule has 1 aliphatic heterocycles. The van der Waals surface area contributed by atoms with E-state index in [1.165, 1.54) is 13.0 Å². The van der Waals surface area contributed by atoms with Gasteiger partial charge in [0, 0.05) is 12.1 Å². The summed E-state index contributed by atoms with van der Waals surface area (Å²) < 4.78 is 29.1. The quantitative estimate of drug-likeness (QED) is 0.595. The molecule has 1 aliphatic carbocycles. The van der Waals surface area contributed by atoms with E-state index in [0.29, 0.717) is 6.42 Å². The Kier molecular flexibility index (Phi) is 8.16. The average Bonchev–Trinajstić information content (AvgIpc) is 3.12. The highest BCUT2D eigenvalue weighted by atomic mass is 35.5. The number of amides is 2. The lowest BCUT2D eigenvalue weighted by molar-refractivity contribution is -0.155. The second kappa shape index (κ2) is 10.7. The second-order valence-electron chi connectivity index (χ2n) is 8.43. The molecule has 0 spiro atoms. The fourth-order valence-electron chi connectivity index (χ4n) is 4.37. The molecular weight excluding hydrogens is 456 g/mol. The van der Waals surface area contributed by atoms with E-state index in [4.69, 9.17) is 16.3 Å². The van der Waals surface area contributed by atoms with Gasteiger partial charge in [-0.2, -0.15) is 0 Å². The van der Waals surface area contributed by atoms with Gasteiger partial charge < -0.3 is 15.0 Å². The van der Waals surface area contributed by atoms with Crippen molar-refractivity contribution in [1.82, 2.24) is 10.2 Å². The Morgan fingerprint density at radius 3 is 2.44 bits per heavy atom. The van der Waals surface area contributed by atoms with Crippen LogP contribution in [0.3, 0.4) is 0 Å². The third-order valence-corrected chi connectivity index (χ3v) is 8.10. The molecule has 1 aromatic rings. The number of hydrogen-bond acceptors (Lipinski definition) is 6. The van der Waals surface area contributed by atoms with Gasteiger partial charge in [0.15, 0.2) is 16.4 Å². The normalized spacial score (nSPS) is 21.5. The summed E-state index contributed by atoms with van der Waals surface area (Å²) in [5.41, 5.74) is 0.232. The molecule has 1 aromatic carbocycles. The topological polar surface area (TPSA) is 110 Å². The minimum Gasteiger partial charge on any atom is -0.454 e. The molecule has 2 atom stereocenters. The first-order chi connectivity index (χ1) is 15.2. The van der Waals surface area contributed by atoms with Crippen LogP contribution in [0.1, 0.15) is 55.8 Å². The van der Waals surface area contributed by atoms with E-state index in [1.54, 1.807) is 23.1 Å². The summed E-state index contributed by atoms with van der Waals surface area (Å²) in [4.78, 5) is 39.4. The lowest BCUT2D eigenvalue weighted by atomic mass is 9.93. The first kappa shape index (κ1) is 24.5. The largest absolute Gasteiger partial charge is 0.454 e. The molecule has 1 saturated heterocycles. The Labute approximate surface area is 193 Å². The number of rotatable bonds is 7. The molecule has 1 N–H and O–H groups in total. The molecule has 2 aliphatic rings. The zero-order chi connectivity index (χ0) is 23.3. The number of esters is 1. The van der Waals surface area contributed by atoms with Gasteiger partial charge in [-0.1, -0.05) is 43.0 Å². The van der Waals surface area contributed by atoms with Crippen LogP contribution >= 0.6 is 11.6 Å². The standard InChI is InChI=1S/C22H29ClN2O6S/c1-15(24-21(27)18-9-5-6-10-19(18)23)22(28)31-13-20(26)25(16-7-3-2-4-8-16)17-11-12-32(29,30)14-17/h5-6,9-10,15-17H,2-4,7-8,11-14H2,1H3,(H,24,27). The molecule has 32 heavy (non-hydrogen) atoms. The van der Waals surface area contributed by atoms with Crippen LogP contribution in [0.2, 0.25) is 5.02 Å². The van der Waals surface area contributed by atoms with Crippen LogP contribution in [0.5, 0.6) is 0 Å². The van der Waals surface area contributed by atoms with E-state index in [2.05, 4.69) is 5.32 Å². The summed E-state index contributed by atoms with van der Waals surface area (Å²) >= 11 is 6.01. The maximum absolute atomic E-state index is 13.0. The Bertz CT molecular complexity index is 961. The highest BCUT2D eigenvalue weighted by Crippen LogP contribution is 2.28. The Balaban J connectivity index is 1.59. The van der Waals surface area contributed by atoms with Crippen molar-refractivity contribution < 1.29 is 27.5 Å². The van der Waals surface area contributed by atoms with Crippen molar-refractivity contribution in [3.8, 4) is 0 Å². The molecule has 0 aromatic heterocycles. The van der Waals surface area contributed by atoms with E-state index < -0.39 is 40.3 Å². The maximum Gasteiger partial charge on any atom is 0.328 e. The van der Waals surface area contributed by atoms with Gasteiger partial charge in [-0.3, -0.25) is 9.59 Å². The highest BCUT2D eigenvalue weighted by molar-refractivity contribution is 7.91. The molecule has 176 valence electrons. The van der Waals surface area contributed by atoms with Crippen molar-refractivity contribution >= 4 is 39.2 Å². The number of benzene rings is 1. The highest BCUT2D eigenvalue weighted by Gasteiger charge is 2.38. The van der Waals surface area contributed by atoms with Gasteiger partial charge >= 0.3 is 5.97 Å². The zero-order valence-electron chi connectivity index (χ0n) is 18.1. The SMILES string of the molecule is CC(NC(=O)c1ccccc1Cl)C(=O)OCC(=O)N(C1CCCCC1)C1CCS(=O)(=O)C1. The van der Waals surface area contributed by atoms with E-state index in [0.717, 1.165) is 32.1 Å². The number of carbonyl (C=O) groups is 3. The van der Waals surface area contributed by atoms with Gasteiger partial charge in [0.2, 0.25) is 0 Å². The van der Waals surface area contributed by atoms with Crippen molar-refractivity contribution in [3.63, 3.8) is 0 Å². The number of nitrogens with zero attached hydrogens (tertiary/aromatic N) is 1. The minimum absolute atomic E-state index is 0.0365. The van der Waals surface area contributed by atoms with Crippen molar-refractivity contribution in [2.45, 2.75) is 63.6 Å². The second-order valence-corrected chi connectivity index (χ2v) is 11.1. The molecule has 1 heterocycles. The van der Waals surface area contributed by atoms with Crippen molar-refractivity contribution in [3.05, 3.63) is 34.9 Å². The van der Waals surface area contributed by atoms with Crippen LogP contribution in [0.4, 0.5) is 0 Å². The predicted molar refractivity (Wildman–Crippen MR) is 120 cm³/mol. The number of sulfone groups is 1. The van der Waals surface area contributed by atoms with Gasteiger partial charge in [0.05, 0.1) is 22.1 Å². The van der Waals surface area contributed by atoms with Crippen LogP contribution in [-0.4, -0.2) is 67.3 Å². The molecule has 2 fully saturated rings. The van der Waals surface area contributed by atoms with Crippen molar-refractivity contribution in [2.75, 3.05) is 18.1 Å². The van der Waals surface area contributed by atoms with Gasteiger partial charge in [0.1, 0.15) is 6.04 Å². The summed E-state index contributed by atoms with van der Waals surface area (Å²) in [5, 5.41) is 2.78. The predicted octanol–water partition coefficient (Wildman–Crippen LogP) is 2.35. The Hall–Kier alpha value is -2.13. The van der Waals surface area contributed by atoms with Gasteiger partial charge in [-0.15, -0.1) is 0 Å². The van der Waals surface area contributed by atoms with E-state index in [9.17, 15) is 22.8 Å². The van der Waals surface area contributed by atoms with E-state index in [-0.39, 0.29) is 34.2 Å². The monoisotopic (exact) mass is 484 g/mol. The molecule has 2 amide bonds. The van der Waals surface area contributed by atoms with Crippen LogP contribution < -0.4 is 5.32 Å². The lowest BCUT2D eigenvalue weighted by Gasteiger charge is -2.38. The molecule has 3 rings (SSSR count). The van der Waals surface area contributed by atoms with Crippen molar-refractivity contribution in [2.24, 2.45) is 0 Å². The van der Waals surface area contributed by atoms with Crippen LogP contribution in [0, 0.1) is 0 Å². The average molecular weight is 485 g/mol. The number of halogens is 1. The Morgan fingerprint density at radius 2 is 1.81 bits per heavy atom. The summed E-state index contributed by atoms with van der Waals surface area (Å²) in [6.45, 7) is 0.974. The van der Waals surface area contributed by atoms with Gasteiger partial charge in [-0.25, -0.2) is 13.2 Å². The molecule has 0 bridgehead atoms. The summed E-state index contributed by atoms with van der Waals surface area (Å²) in [5.74, 6) is -1.64. The number of carbonyl (C=O) groups excluding carboxylic acids is 3. The number of nitrogens with one attached hydrogen (secondary N) is 1. The van der Waals surface area contributed by atoms with E-state index in [1.807, 2.05) is 0 Å². The van der Waals surface area contributed by atoms with Crippen LogP contribution in [0.15, 0.2) is 24.3 Å². The molecule has 1 saturated carbocycles. The summed E-state index contributed by atoms with van der Waals surface area (Å²) in [7, 11) is -3.16. The fourth-order valence-corrected chi connectivity index (χ4v) is 6.30. The summed E-state index contributed by atoms with van der Waals surface area (Å²) in [6, 6.07) is 5.05. The molecular formula is C22H29ClN2O6S. The minimum atomic E-state index is -3.16. The van der Waals surface area contributed by atoms with Gasteiger partial charge in [-0.05, 0) is 38.3 Å².